The Morgan fingerprint density at radius 2 is 2.07 bits per heavy atom. The van der Waals surface area contributed by atoms with Crippen LogP contribution < -0.4 is 16.5 Å². The van der Waals surface area contributed by atoms with Crippen LogP contribution in [-0.4, -0.2) is 40.1 Å². The van der Waals surface area contributed by atoms with Crippen molar-refractivity contribution in [2.45, 2.75) is 18.9 Å². The number of aliphatic imine (C=N–C) groups is 2. The van der Waals surface area contributed by atoms with Gasteiger partial charge in [-0.2, -0.15) is 10.8 Å². The molecule has 8 nitrogen and oxygen atoms in total. The third-order valence-corrected chi connectivity index (χ3v) is 5.52. The monoisotopic (exact) mass is 400 g/mol. The van der Waals surface area contributed by atoms with Crippen LogP contribution in [0.5, 0.6) is 0 Å². The molecule has 30 heavy (non-hydrogen) atoms. The largest absolute Gasteiger partial charge is 0.308 e. The van der Waals surface area contributed by atoms with Gasteiger partial charge < -0.3 is 10.6 Å². The van der Waals surface area contributed by atoms with Gasteiger partial charge in [-0.1, -0.05) is 6.07 Å². The number of anilines is 1. The zero-order valence-corrected chi connectivity index (χ0v) is 16.3. The number of amides is 1. The van der Waals surface area contributed by atoms with Gasteiger partial charge in [-0.25, -0.2) is 4.98 Å². The number of aromatic nitrogens is 1. The van der Waals surface area contributed by atoms with Crippen molar-refractivity contribution in [3.8, 4) is 0 Å². The maximum atomic E-state index is 12.5. The Morgan fingerprint density at radius 3 is 2.80 bits per heavy atom. The third kappa shape index (κ3) is 3.17. The molecule has 150 valence electrons. The van der Waals surface area contributed by atoms with Crippen molar-refractivity contribution in [3.05, 3.63) is 83.6 Å². The summed E-state index contributed by atoms with van der Waals surface area (Å²) in [6.07, 6.45) is 9.10. The fourth-order valence-electron chi connectivity index (χ4n) is 3.98. The molecule has 0 spiro atoms. The van der Waals surface area contributed by atoms with Crippen molar-refractivity contribution >= 4 is 23.8 Å². The Kier molecular flexibility index (Phi) is 4.59. The number of amidine groups is 1. The first-order chi connectivity index (χ1) is 14.6. The topological polar surface area (TPSA) is 105 Å². The second-order valence-corrected chi connectivity index (χ2v) is 7.45. The molecule has 0 aliphatic carbocycles. The van der Waals surface area contributed by atoms with Gasteiger partial charge in [-0.05, 0) is 55.8 Å². The lowest BCUT2D eigenvalue weighted by atomic mass is 10.1. The summed E-state index contributed by atoms with van der Waals surface area (Å²) in [5.41, 5.74) is 3.21. The molecule has 2 atom stereocenters. The van der Waals surface area contributed by atoms with E-state index >= 15 is 0 Å². The minimum Gasteiger partial charge on any atom is -0.308 e. The van der Waals surface area contributed by atoms with E-state index in [0.717, 1.165) is 36.3 Å². The minimum absolute atomic E-state index is 0.0174. The van der Waals surface area contributed by atoms with Gasteiger partial charge in [0.05, 0.1) is 24.0 Å². The Labute approximate surface area is 174 Å². The molecule has 3 aliphatic rings. The van der Waals surface area contributed by atoms with Gasteiger partial charge in [-0.15, -0.1) is 4.59 Å². The van der Waals surface area contributed by atoms with Gasteiger partial charge in [0, 0.05) is 11.8 Å². The standard InChI is InChI=1S/C22H21N7O/c23-29-13-12-24-14-18(29)20(17-4-3-11-25-17)28-21(29)15-6-8-16(9-7-15)22(30)27-19-5-1-2-10-26-19/h1-2,5-10,12-14,17,25H,3-4,11,23H2/p+1. The van der Waals surface area contributed by atoms with E-state index in [4.69, 9.17) is 10.8 Å². The molecule has 2 unspecified atom stereocenters. The number of pyridine rings is 1. The number of fused-ring (bicyclic) bond motifs is 1. The Balaban J connectivity index is 1.43. The number of hydrogen-bond donors (Lipinski definition) is 3. The number of quaternary nitrogens is 1. The molecule has 2 aromatic rings. The molecule has 1 fully saturated rings. The number of benzene rings is 1. The first-order valence-electron chi connectivity index (χ1n) is 9.93. The number of hydrogen-bond acceptors (Lipinski definition) is 6. The number of nitrogens with one attached hydrogen (secondary N) is 2. The van der Waals surface area contributed by atoms with Gasteiger partial charge in [-0.3, -0.25) is 9.79 Å². The highest BCUT2D eigenvalue weighted by Crippen LogP contribution is 2.34. The molecular formula is C22H22N7O+. The number of allylic oxidation sites excluding steroid dienone is 1. The molecule has 8 heteroatoms. The molecule has 1 aromatic carbocycles. The quantitative estimate of drug-likeness (QED) is 0.541. The fraction of sp³-hybridized carbons (Fsp3) is 0.182. The lowest BCUT2D eigenvalue weighted by molar-refractivity contribution is -0.750. The fourth-order valence-corrected chi connectivity index (χ4v) is 3.98. The molecule has 1 saturated heterocycles. The Morgan fingerprint density at radius 1 is 1.20 bits per heavy atom. The zero-order chi connectivity index (χ0) is 20.6. The Bertz CT molecular complexity index is 1100. The molecule has 4 heterocycles. The van der Waals surface area contributed by atoms with Crippen molar-refractivity contribution < 1.29 is 9.39 Å². The average Bonchev–Trinajstić information content (AvgIpc) is 3.40. The van der Waals surface area contributed by atoms with Crippen LogP contribution in [0.15, 0.2) is 82.4 Å². The smallest absolute Gasteiger partial charge is 0.264 e. The van der Waals surface area contributed by atoms with Gasteiger partial charge >= 0.3 is 0 Å². The van der Waals surface area contributed by atoms with E-state index in [9.17, 15) is 4.79 Å². The van der Waals surface area contributed by atoms with Gasteiger partial charge in [0.25, 0.3) is 11.7 Å². The normalized spacial score (nSPS) is 24.7. The maximum absolute atomic E-state index is 12.5. The SMILES string of the molecule is N[N+]12C=CN=CC1=C(C1CCCN1)N=C2c1ccc(C(=O)Nc2ccccn2)cc1. The van der Waals surface area contributed by atoms with Crippen molar-refractivity contribution in [1.82, 2.24) is 10.3 Å². The van der Waals surface area contributed by atoms with Gasteiger partial charge in [0.2, 0.25) is 5.70 Å². The summed E-state index contributed by atoms with van der Waals surface area (Å²) < 4.78 is -0.0174. The van der Waals surface area contributed by atoms with Crippen molar-refractivity contribution in [2.75, 3.05) is 11.9 Å². The third-order valence-electron chi connectivity index (χ3n) is 5.52. The number of rotatable bonds is 4. The summed E-state index contributed by atoms with van der Waals surface area (Å²) in [7, 11) is 0. The molecular weight excluding hydrogens is 378 g/mol. The van der Waals surface area contributed by atoms with Crippen LogP contribution in [-0.2, 0) is 0 Å². The summed E-state index contributed by atoms with van der Waals surface area (Å²) in [4.78, 5) is 25.8. The van der Waals surface area contributed by atoms with Gasteiger partial charge in [0.15, 0.2) is 0 Å². The van der Waals surface area contributed by atoms with E-state index in [-0.39, 0.29) is 16.5 Å². The van der Waals surface area contributed by atoms with E-state index < -0.39 is 0 Å². The van der Waals surface area contributed by atoms with E-state index in [1.165, 1.54) is 0 Å². The second kappa shape index (κ2) is 7.42. The second-order valence-electron chi connectivity index (χ2n) is 7.45. The van der Waals surface area contributed by atoms with Crippen LogP contribution in [0.25, 0.3) is 0 Å². The predicted molar refractivity (Wildman–Crippen MR) is 115 cm³/mol. The van der Waals surface area contributed by atoms with Crippen molar-refractivity contribution in [3.63, 3.8) is 0 Å². The van der Waals surface area contributed by atoms with Crippen LogP contribution in [0, 0.1) is 0 Å². The van der Waals surface area contributed by atoms with Gasteiger partial charge in [0.1, 0.15) is 17.7 Å². The zero-order valence-electron chi connectivity index (χ0n) is 16.3. The maximum Gasteiger partial charge on any atom is 0.264 e. The average molecular weight is 400 g/mol. The highest BCUT2D eigenvalue weighted by Gasteiger charge is 2.46. The highest BCUT2D eigenvalue weighted by atomic mass is 16.1. The summed E-state index contributed by atoms with van der Waals surface area (Å²) in [5.74, 6) is 7.76. The predicted octanol–water partition coefficient (Wildman–Crippen LogP) is 2.30. The molecule has 1 aromatic heterocycles. The molecule has 5 rings (SSSR count). The lowest BCUT2D eigenvalue weighted by Gasteiger charge is -2.26. The molecule has 3 aliphatic heterocycles. The summed E-state index contributed by atoms with van der Waals surface area (Å²) >= 11 is 0. The first kappa shape index (κ1) is 18.6. The van der Waals surface area contributed by atoms with Crippen LogP contribution >= 0.6 is 0 Å². The number of nitrogens with two attached hydrogens (primary N) is 1. The molecule has 0 radical (unpaired) electrons. The first-order valence-corrected chi connectivity index (χ1v) is 9.93. The molecule has 0 saturated carbocycles. The van der Waals surface area contributed by atoms with E-state index in [1.54, 1.807) is 42.9 Å². The molecule has 4 N–H and O–H groups in total. The van der Waals surface area contributed by atoms with E-state index in [1.807, 2.05) is 24.4 Å². The number of carbonyl (C=O) groups is 1. The molecule has 1 amide bonds. The van der Waals surface area contributed by atoms with E-state index in [2.05, 4.69) is 20.6 Å². The lowest BCUT2D eigenvalue weighted by Crippen LogP contribution is -2.53. The van der Waals surface area contributed by atoms with Crippen LogP contribution in [0.1, 0.15) is 28.8 Å². The van der Waals surface area contributed by atoms with Crippen LogP contribution in [0.2, 0.25) is 0 Å². The number of carbonyl (C=O) groups excluding carboxylic acids is 1. The Hall–Kier alpha value is -3.46. The van der Waals surface area contributed by atoms with Crippen LogP contribution in [0.4, 0.5) is 5.82 Å². The number of nitrogens with zero attached hydrogens (tertiary/aromatic N) is 4. The highest BCUT2D eigenvalue weighted by molar-refractivity contribution is 6.05. The minimum atomic E-state index is -0.218. The summed E-state index contributed by atoms with van der Waals surface area (Å²) in [5, 5.41) is 6.28. The van der Waals surface area contributed by atoms with Crippen molar-refractivity contribution in [1.29, 1.82) is 0 Å². The summed E-state index contributed by atoms with van der Waals surface area (Å²) in [6, 6.07) is 12.9. The van der Waals surface area contributed by atoms with E-state index in [0.29, 0.717) is 17.2 Å². The van der Waals surface area contributed by atoms with Crippen LogP contribution in [0.3, 0.4) is 0 Å². The molecule has 0 bridgehead atoms. The summed E-state index contributed by atoms with van der Waals surface area (Å²) in [6.45, 7) is 0.976. The van der Waals surface area contributed by atoms with Crippen molar-refractivity contribution in [2.24, 2.45) is 15.8 Å².